The third-order valence-electron chi connectivity index (χ3n) is 3.65. The van der Waals surface area contributed by atoms with Crippen LogP contribution >= 0.6 is 0 Å². The van der Waals surface area contributed by atoms with E-state index in [1.165, 1.54) is 0 Å². The number of hydrogen-bond donors (Lipinski definition) is 4. The number of barbiturate groups is 2. The number of carbonyl (C=O) groups is 6. The first-order valence-corrected chi connectivity index (χ1v) is 7.69. The van der Waals surface area contributed by atoms with Crippen molar-refractivity contribution in [3.8, 4) is 0 Å². The molecule has 0 bridgehead atoms. The number of hydrogen-bond acceptors (Lipinski definition) is 6. The Balaban J connectivity index is 0.000000197. The first-order chi connectivity index (χ1) is 12.3. The second-order valence-electron chi connectivity index (χ2n) is 5.42. The summed E-state index contributed by atoms with van der Waals surface area (Å²) < 4.78 is 0. The van der Waals surface area contributed by atoms with Crippen LogP contribution < -0.4 is 21.3 Å². The van der Waals surface area contributed by atoms with Gasteiger partial charge in [-0.15, -0.1) is 0 Å². The fraction of sp³-hybridized carbons (Fsp3) is 0.250. The number of imide groups is 4. The third-order valence-corrected chi connectivity index (χ3v) is 3.65. The Morgan fingerprint density at radius 3 is 1.54 bits per heavy atom. The van der Waals surface area contributed by atoms with E-state index in [0.29, 0.717) is 12.0 Å². The maximum absolute atomic E-state index is 11.4. The molecule has 0 aliphatic carbocycles. The lowest BCUT2D eigenvalue weighted by Gasteiger charge is -2.20. The van der Waals surface area contributed by atoms with E-state index in [-0.39, 0.29) is 0 Å². The summed E-state index contributed by atoms with van der Waals surface area (Å²) in [6, 6.07) is 7.08. The predicted octanol–water partition coefficient (Wildman–Crippen LogP) is -0.485. The van der Waals surface area contributed by atoms with Gasteiger partial charge in [-0.2, -0.15) is 0 Å². The predicted molar refractivity (Wildman–Crippen MR) is 86.3 cm³/mol. The highest BCUT2D eigenvalue weighted by Gasteiger charge is 2.35. The third kappa shape index (κ3) is 4.29. The summed E-state index contributed by atoms with van der Waals surface area (Å²) in [7, 11) is 0. The summed E-state index contributed by atoms with van der Waals surface area (Å²) in [5.74, 6) is -3.86. The van der Waals surface area contributed by atoms with Crippen LogP contribution in [0.15, 0.2) is 30.3 Å². The summed E-state index contributed by atoms with van der Waals surface area (Å²) >= 11 is 0. The monoisotopic (exact) mass is 360 g/mol. The van der Waals surface area contributed by atoms with Crippen molar-refractivity contribution in [2.24, 2.45) is 5.92 Å². The molecule has 2 aliphatic rings. The van der Waals surface area contributed by atoms with Crippen LogP contribution in [-0.4, -0.2) is 35.7 Å². The van der Waals surface area contributed by atoms with Gasteiger partial charge in [0.05, 0.1) is 0 Å². The Morgan fingerprint density at radius 2 is 1.12 bits per heavy atom. The van der Waals surface area contributed by atoms with E-state index in [0.717, 1.165) is 0 Å². The molecule has 0 atom stereocenters. The van der Waals surface area contributed by atoms with Gasteiger partial charge in [-0.1, -0.05) is 37.3 Å². The Bertz CT molecular complexity index is 736. The van der Waals surface area contributed by atoms with Crippen LogP contribution in [0.3, 0.4) is 0 Å². The van der Waals surface area contributed by atoms with Crippen LogP contribution in [0.5, 0.6) is 0 Å². The van der Waals surface area contributed by atoms with Gasteiger partial charge in [-0.3, -0.25) is 40.4 Å². The minimum absolute atomic E-state index is 0.408. The molecule has 4 N–H and O–H groups in total. The first-order valence-electron chi connectivity index (χ1n) is 7.69. The molecule has 8 amide bonds. The second-order valence-corrected chi connectivity index (χ2v) is 5.42. The molecule has 1 aromatic rings. The maximum atomic E-state index is 11.4. The number of carbonyl (C=O) groups excluding carboxylic acids is 6. The van der Waals surface area contributed by atoms with Crippen LogP contribution in [0, 0.1) is 5.92 Å². The van der Waals surface area contributed by atoms with Crippen molar-refractivity contribution in [2.45, 2.75) is 19.3 Å². The summed E-state index contributed by atoms with van der Waals surface area (Å²) in [5, 5.41) is 8.10. The molecule has 2 aliphatic heterocycles. The van der Waals surface area contributed by atoms with Crippen molar-refractivity contribution < 1.29 is 28.8 Å². The van der Waals surface area contributed by atoms with E-state index in [4.69, 9.17) is 0 Å². The van der Waals surface area contributed by atoms with Gasteiger partial charge in [-0.05, 0) is 12.0 Å². The molecular formula is C16H16N4O6. The zero-order chi connectivity index (χ0) is 19.3. The Labute approximate surface area is 147 Å². The van der Waals surface area contributed by atoms with Crippen LogP contribution in [0.1, 0.15) is 24.8 Å². The van der Waals surface area contributed by atoms with Crippen molar-refractivity contribution in [2.75, 3.05) is 0 Å². The highest BCUT2D eigenvalue weighted by atomic mass is 16.2. The Morgan fingerprint density at radius 1 is 0.692 bits per heavy atom. The molecule has 136 valence electrons. The molecule has 0 aromatic heterocycles. The molecule has 0 saturated carbocycles. The average molecular weight is 360 g/mol. The SMILES string of the molecule is CCC1C(=O)NC(=O)NC1=O.O=C1NC(=O)C(c2ccccc2)C(=O)N1. The van der Waals surface area contributed by atoms with Crippen LogP contribution in [0.25, 0.3) is 0 Å². The highest BCUT2D eigenvalue weighted by Crippen LogP contribution is 2.17. The van der Waals surface area contributed by atoms with Crippen molar-refractivity contribution in [1.29, 1.82) is 0 Å². The smallest absolute Gasteiger partial charge is 0.277 e. The molecule has 10 nitrogen and oxygen atoms in total. The van der Waals surface area contributed by atoms with Crippen LogP contribution in [0.4, 0.5) is 9.59 Å². The maximum Gasteiger partial charge on any atom is 0.328 e. The molecule has 2 saturated heterocycles. The van der Waals surface area contributed by atoms with Gasteiger partial charge >= 0.3 is 12.1 Å². The minimum atomic E-state index is -0.941. The quantitative estimate of drug-likeness (QED) is 0.523. The topological polar surface area (TPSA) is 151 Å². The summed E-state index contributed by atoms with van der Waals surface area (Å²) in [5.41, 5.74) is 0.569. The van der Waals surface area contributed by atoms with Gasteiger partial charge in [0.25, 0.3) is 0 Å². The molecule has 26 heavy (non-hydrogen) atoms. The second kappa shape index (κ2) is 8.01. The van der Waals surface area contributed by atoms with Gasteiger partial charge in [0.2, 0.25) is 23.6 Å². The van der Waals surface area contributed by atoms with E-state index in [2.05, 4.69) is 0 Å². The van der Waals surface area contributed by atoms with E-state index >= 15 is 0 Å². The molecule has 0 radical (unpaired) electrons. The van der Waals surface area contributed by atoms with E-state index in [1.54, 1.807) is 37.3 Å². The van der Waals surface area contributed by atoms with Crippen LogP contribution in [0.2, 0.25) is 0 Å². The van der Waals surface area contributed by atoms with E-state index in [9.17, 15) is 28.8 Å². The Kier molecular flexibility index (Phi) is 5.78. The van der Waals surface area contributed by atoms with Gasteiger partial charge in [0.15, 0.2) is 0 Å². The van der Waals surface area contributed by atoms with Crippen molar-refractivity contribution in [3.63, 3.8) is 0 Å². The lowest BCUT2D eigenvalue weighted by atomic mass is 9.96. The fourth-order valence-corrected chi connectivity index (χ4v) is 2.39. The lowest BCUT2D eigenvalue weighted by molar-refractivity contribution is -0.136. The number of nitrogens with one attached hydrogen (secondary N) is 4. The Hall–Kier alpha value is -3.56. The number of benzene rings is 1. The van der Waals surface area contributed by atoms with Crippen molar-refractivity contribution in [1.82, 2.24) is 21.3 Å². The summed E-state index contributed by atoms with van der Waals surface area (Å²) in [6.07, 6.45) is 0.408. The first kappa shape index (κ1) is 18.8. The fourth-order valence-electron chi connectivity index (χ4n) is 2.39. The van der Waals surface area contributed by atoms with Gasteiger partial charge in [-0.25, -0.2) is 9.59 Å². The molecule has 1 aromatic carbocycles. The molecule has 3 rings (SSSR count). The number of urea groups is 2. The number of rotatable bonds is 2. The van der Waals surface area contributed by atoms with Gasteiger partial charge in [0, 0.05) is 0 Å². The number of amides is 8. The minimum Gasteiger partial charge on any atom is -0.277 e. The van der Waals surface area contributed by atoms with E-state index in [1.807, 2.05) is 21.3 Å². The molecule has 2 fully saturated rings. The highest BCUT2D eigenvalue weighted by molar-refractivity contribution is 6.19. The zero-order valence-corrected chi connectivity index (χ0v) is 13.7. The summed E-state index contributed by atoms with van der Waals surface area (Å²) in [4.78, 5) is 65.8. The molecule has 10 heteroatoms. The normalized spacial score (nSPS) is 18.2. The zero-order valence-electron chi connectivity index (χ0n) is 13.7. The van der Waals surface area contributed by atoms with Gasteiger partial charge in [0.1, 0.15) is 11.8 Å². The lowest BCUT2D eigenvalue weighted by Crippen LogP contribution is -2.55. The van der Waals surface area contributed by atoms with Crippen molar-refractivity contribution >= 4 is 35.7 Å². The van der Waals surface area contributed by atoms with Crippen molar-refractivity contribution in [3.05, 3.63) is 35.9 Å². The molecular weight excluding hydrogens is 344 g/mol. The molecule has 0 unspecified atom stereocenters. The van der Waals surface area contributed by atoms with E-state index < -0.39 is 47.5 Å². The standard InChI is InChI=1S/C10H8N2O3.C6H8N2O3/c13-8-7(6-4-2-1-3-5-6)9(14)12-10(15)11-8;1-2-3-4(9)7-6(11)8-5(3)10/h1-5,7H,(H2,11,12,13,14,15);3H,2H2,1H3,(H2,7,8,9,10,11). The summed E-state index contributed by atoms with van der Waals surface area (Å²) in [6.45, 7) is 1.71. The van der Waals surface area contributed by atoms with Gasteiger partial charge < -0.3 is 0 Å². The average Bonchev–Trinajstić information content (AvgIpc) is 2.55. The van der Waals surface area contributed by atoms with Crippen LogP contribution in [-0.2, 0) is 19.2 Å². The molecule has 2 heterocycles. The molecule has 0 spiro atoms. The largest absolute Gasteiger partial charge is 0.328 e.